The second-order valence-corrected chi connectivity index (χ2v) is 7.43. The van der Waals surface area contributed by atoms with E-state index in [1.807, 2.05) is 30.3 Å². The first-order chi connectivity index (χ1) is 13.7. The predicted molar refractivity (Wildman–Crippen MR) is 98.9 cm³/mol. The number of aromatic nitrogens is 1. The van der Waals surface area contributed by atoms with Gasteiger partial charge in [0.25, 0.3) is 10.0 Å². The quantitative estimate of drug-likeness (QED) is 0.610. The van der Waals surface area contributed by atoms with Crippen LogP contribution in [-0.2, 0) is 16.6 Å². The molecule has 0 atom stereocenters. The van der Waals surface area contributed by atoms with E-state index in [9.17, 15) is 21.6 Å². The molecule has 0 unspecified atom stereocenters. The van der Waals surface area contributed by atoms with Crippen molar-refractivity contribution in [3.63, 3.8) is 0 Å². The van der Waals surface area contributed by atoms with E-state index < -0.39 is 22.1 Å². The third-order valence-corrected chi connectivity index (χ3v) is 4.96. The minimum atomic E-state index is -4.86. The zero-order chi connectivity index (χ0) is 20.9. The van der Waals surface area contributed by atoms with Gasteiger partial charge in [-0.1, -0.05) is 30.3 Å². The van der Waals surface area contributed by atoms with Crippen molar-refractivity contribution in [1.82, 2.24) is 4.98 Å². The van der Waals surface area contributed by atoms with Crippen LogP contribution in [0.1, 0.15) is 5.56 Å². The van der Waals surface area contributed by atoms with E-state index in [-0.39, 0.29) is 23.1 Å². The maximum absolute atomic E-state index is 12.6. The van der Waals surface area contributed by atoms with Crippen LogP contribution < -0.4 is 14.2 Å². The van der Waals surface area contributed by atoms with Gasteiger partial charge in [-0.3, -0.25) is 4.72 Å². The Bertz CT molecular complexity index is 1060. The van der Waals surface area contributed by atoms with E-state index in [0.717, 1.165) is 29.8 Å². The maximum Gasteiger partial charge on any atom is 0.573 e. The predicted octanol–water partition coefficient (Wildman–Crippen LogP) is 4.36. The topological polar surface area (TPSA) is 77.5 Å². The van der Waals surface area contributed by atoms with Gasteiger partial charge in [0.15, 0.2) is 11.6 Å². The third kappa shape index (κ3) is 5.85. The zero-order valence-corrected chi connectivity index (χ0v) is 15.6. The van der Waals surface area contributed by atoms with Crippen molar-refractivity contribution in [2.75, 3.05) is 4.72 Å². The highest BCUT2D eigenvalue weighted by atomic mass is 32.2. The maximum atomic E-state index is 12.6. The van der Waals surface area contributed by atoms with E-state index >= 15 is 0 Å². The van der Waals surface area contributed by atoms with Gasteiger partial charge in [-0.25, -0.2) is 13.4 Å². The molecule has 0 radical (unpaired) electrons. The van der Waals surface area contributed by atoms with Crippen molar-refractivity contribution < 1.29 is 31.1 Å². The Hall–Kier alpha value is -3.27. The minimum Gasteiger partial charge on any atom is -0.485 e. The van der Waals surface area contributed by atoms with Gasteiger partial charge in [-0.2, -0.15) is 0 Å². The summed E-state index contributed by atoms with van der Waals surface area (Å²) in [6.45, 7) is 0.199. The van der Waals surface area contributed by atoms with Gasteiger partial charge >= 0.3 is 6.36 Å². The summed E-state index contributed by atoms with van der Waals surface area (Å²) < 4.78 is 73.5. The fourth-order valence-corrected chi connectivity index (χ4v) is 3.35. The number of hydrogen-bond acceptors (Lipinski definition) is 5. The lowest BCUT2D eigenvalue weighted by Crippen LogP contribution is -2.17. The Morgan fingerprint density at radius 1 is 0.931 bits per heavy atom. The number of nitrogens with one attached hydrogen (secondary N) is 1. The molecule has 0 aliphatic carbocycles. The van der Waals surface area contributed by atoms with E-state index in [0.29, 0.717) is 0 Å². The molecule has 6 nitrogen and oxygen atoms in total. The Balaban J connectivity index is 1.75. The smallest absolute Gasteiger partial charge is 0.485 e. The van der Waals surface area contributed by atoms with Crippen LogP contribution in [0.3, 0.4) is 0 Å². The summed E-state index contributed by atoms with van der Waals surface area (Å²) in [7, 11) is -4.11. The monoisotopic (exact) mass is 424 g/mol. The average Bonchev–Trinajstić information content (AvgIpc) is 2.67. The van der Waals surface area contributed by atoms with Crippen LogP contribution in [-0.4, -0.2) is 19.8 Å². The molecule has 0 saturated carbocycles. The number of nitrogens with zero attached hydrogens (tertiary/aromatic N) is 1. The molecular formula is C19H15F3N2O4S. The molecule has 10 heteroatoms. The van der Waals surface area contributed by atoms with Gasteiger partial charge in [0, 0.05) is 6.20 Å². The fourth-order valence-electron chi connectivity index (χ4n) is 2.33. The second-order valence-electron chi connectivity index (χ2n) is 5.75. The first-order valence-electron chi connectivity index (χ1n) is 8.23. The summed E-state index contributed by atoms with van der Waals surface area (Å²) in [6.07, 6.45) is -3.48. The molecule has 1 aromatic heterocycles. The van der Waals surface area contributed by atoms with Gasteiger partial charge in [-0.15, -0.1) is 13.2 Å². The van der Waals surface area contributed by atoms with Gasteiger partial charge < -0.3 is 9.47 Å². The SMILES string of the molecule is O=S(=O)(Nc1ncccc1OCc1ccccc1)c1ccc(OC(F)(F)F)cc1. The Kier molecular flexibility index (Phi) is 5.92. The van der Waals surface area contributed by atoms with Crippen molar-refractivity contribution in [2.45, 2.75) is 17.9 Å². The molecule has 1 heterocycles. The molecule has 0 aliphatic heterocycles. The van der Waals surface area contributed by atoms with Crippen molar-refractivity contribution in [3.8, 4) is 11.5 Å². The summed E-state index contributed by atoms with van der Waals surface area (Å²) in [5, 5.41) is 0. The lowest BCUT2D eigenvalue weighted by Gasteiger charge is -2.13. The number of ether oxygens (including phenoxy) is 2. The molecule has 3 aromatic rings. The van der Waals surface area contributed by atoms with E-state index in [4.69, 9.17) is 4.74 Å². The number of alkyl halides is 3. The highest BCUT2D eigenvalue weighted by molar-refractivity contribution is 7.92. The van der Waals surface area contributed by atoms with Crippen LogP contribution in [0.2, 0.25) is 0 Å². The summed E-state index contributed by atoms with van der Waals surface area (Å²) in [5.74, 6) is -0.364. The summed E-state index contributed by atoms with van der Waals surface area (Å²) in [5.41, 5.74) is 0.880. The van der Waals surface area contributed by atoms with Crippen molar-refractivity contribution in [2.24, 2.45) is 0 Å². The Morgan fingerprint density at radius 2 is 1.62 bits per heavy atom. The lowest BCUT2D eigenvalue weighted by molar-refractivity contribution is -0.274. The van der Waals surface area contributed by atoms with Crippen molar-refractivity contribution >= 4 is 15.8 Å². The van der Waals surface area contributed by atoms with Gasteiger partial charge in [0.1, 0.15) is 12.4 Å². The number of pyridine rings is 1. The summed E-state index contributed by atoms with van der Waals surface area (Å²) in [6, 6.07) is 16.2. The fraction of sp³-hybridized carbons (Fsp3) is 0.105. The largest absolute Gasteiger partial charge is 0.573 e. The number of benzene rings is 2. The lowest BCUT2D eigenvalue weighted by atomic mass is 10.2. The highest BCUT2D eigenvalue weighted by Crippen LogP contribution is 2.27. The molecule has 2 aromatic carbocycles. The minimum absolute atomic E-state index is 0.0425. The highest BCUT2D eigenvalue weighted by Gasteiger charge is 2.31. The molecule has 0 saturated heterocycles. The number of sulfonamides is 1. The molecule has 3 rings (SSSR count). The average molecular weight is 424 g/mol. The number of rotatable bonds is 7. The zero-order valence-electron chi connectivity index (χ0n) is 14.8. The standard InChI is InChI=1S/C19H15F3N2O4S/c20-19(21,22)28-15-8-10-16(11-9-15)29(25,26)24-18-17(7-4-12-23-18)27-13-14-5-2-1-3-6-14/h1-12H,13H2,(H,23,24). The normalized spacial score (nSPS) is 11.7. The first-order valence-corrected chi connectivity index (χ1v) is 9.72. The van der Waals surface area contributed by atoms with Crippen LogP contribution in [0.15, 0.2) is 77.8 Å². The van der Waals surface area contributed by atoms with Crippen LogP contribution in [0.5, 0.6) is 11.5 Å². The molecule has 0 fully saturated rings. The molecular weight excluding hydrogens is 409 g/mol. The van der Waals surface area contributed by atoms with Gasteiger partial charge in [-0.05, 0) is 42.0 Å². The summed E-state index contributed by atoms with van der Waals surface area (Å²) >= 11 is 0. The Morgan fingerprint density at radius 3 is 2.28 bits per heavy atom. The number of anilines is 1. The van der Waals surface area contributed by atoms with Crippen LogP contribution in [0.4, 0.5) is 19.0 Å². The number of halogens is 3. The molecule has 0 amide bonds. The molecule has 0 bridgehead atoms. The number of hydrogen-bond donors (Lipinski definition) is 1. The van der Waals surface area contributed by atoms with Gasteiger partial charge in [0.05, 0.1) is 4.90 Å². The molecule has 1 N–H and O–H groups in total. The van der Waals surface area contributed by atoms with E-state index in [1.165, 1.54) is 6.20 Å². The van der Waals surface area contributed by atoms with Crippen molar-refractivity contribution in [1.29, 1.82) is 0 Å². The van der Waals surface area contributed by atoms with Crippen molar-refractivity contribution in [3.05, 3.63) is 78.5 Å². The van der Waals surface area contributed by atoms with Crippen LogP contribution in [0, 0.1) is 0 Å². The molecule has 152 valence electrons. The first kappa shape index (κ1) is 20.5. The van der Waals surface area contributed by atoms with E-state index in [1.54, 1.807) is 12.1 Å². The molecule has 0 spiro atoms. The molecule has 29 heavy (non-hydrogen) atoms. The Labute approximate surface area is 165 Å². The van der Waals surface area contributed by atoms with Crippen LogP contribution in [0.25, 0.3) is 0 Å². The van der Waals surface area contributed by atoms with E-state index in [2.05, 4.69) is 14.4 Å². The molecule has 0 aliphatic rings. The van der Waals surface area contributed by atoms with Crippen LogP contribution >= 0.6 is 0 Å². The second kappa shape index (κ2) is 8.39. The van der Waals surface area contributed by atoms with Gasteiger partial charge in [0.2, 0.25) is 0 Å². The summed E-state index contributed by atoms with van der Waals surface area (Å²) in [4.78, 5) is 3.72. The third-order valence-electron chi connectivity index (χ3n) is 3.61.